The van der Waals surface area contributed by atoms with Gasteiger partial charge in [-0.2, -0.15) is 0 Å². The highest BCUT2D eigenvalue weighted by Gasteiger charge is 2.26. The van der Waals surface area contributed by atoms with E-state index in [4.69, 9.17) is 4.74 Å². The number of aliphatic imine (C=N–C) groups is 1. The van der Waals surface area contributed by atoms with Crippen molar-refractivity contribution < 1.29 is 4.74 Å². The van der Waals surface area contributed by atoms with Crippen molar-refractivity contribution in [3.05, 3.63) is 12.3 Å². The van der Waals surface area contributed by atoms with Crippen molar-refractivity contribution in [1.82, 2.24) is 4.90 Å². The summed E-state index contributed by atoms with van der Waals surface area (Å²) in [7, 11) is 0. The van der Waals surface area contributed by atoms with E-state index >= 15 is 0 Å². The monoisotopic (exact) mass is 250 g/mol. The summed E-state index contributed by atoms with van der Waals surface area (Å²) < 4.78 is 5.42. The van der Waals surface area contributed by atoms with E-state index in [9.17, 15) is 0 Å². The number of hydrogen-bond acceptors (Lipinski definition) is 3. The number of ether oxygens (including phenoxy) is 1. The third-order valence-corrected chi connectivity index (χ3v) is 4.19. The minimum Gasteiger partial charge on any atom is -0.379 e. The fourth-order valence-electron chi connectivity index (χ4n) is 3.09. The van der Waals surface area contributed by atoms with Gasteiger partial charge in [0.1, 0.15) is 0 Å². The van der Waals surface area contributed by atoms with Gasteiger partial charge in [0.15, 0.2) is 0 Å². The minimum absolute atomic E-state index is 0.822. The van der Waals surface area contributed by atoms with Crippen molar-refractivity contribution in [2.45, 2.75) is 45.1 Å². The molecule has 0 unspecified atom stereocenters. The number of rotatable bonds is 4. The molecule has 0 aromatic rings. The Labute approximate surface area is 111 Å². The van der Waals surface area contributed by atoms with Crippen LogP contribution in [0.2, 0.25) is 0 Å². The molecule has 2 aliphatic rings. The Hall–Kier alpha value is -0.670. The molecule has 0 aromatic heterocycles. The van der Waals surface area contributed by atoms with Gasteiger partial charge in [-0.15, -0.1) is 0 Å². The first-order valence-corrected chi connectivity index (χ1v) is 7.34. The van der Waals surface area contributed by atoms with E-state index in [2.05, 4.69) is 16.0 Å². The Morgan fingerprint density at radius 3 is 2.56 bits per heavy atom. The predicted molar refractivity (Wildman–Crippen MR) is 76.1 cm³/mol. The molecule has 0 atom stereocenters. The summed E-state index contributed by atoms with van der Waals surface area (Å²) in [4.78, 5) is 6.75. The molecule has 3 heteroatoms. The summed E-state index contributed by atoms with van der Waals surface area (Å²) >= 11 is 0. The first-order chi connectivity index (χ1) is 8.90. The van der Waals surface area contributed by atoms with E-state index in [1.165, 1.54) is 32.1 Å². The molecule has 0 bridgehead atoms. The van der Waals surface area contributed by atoms with Crippen LogP contribution in [0.15, 0.2) is 17.3 Å². The molecule has 0 radical (unpaired) electrons. The predicted octanol–water partition coefficient (Wildman–Crippen LogP) is 2.87. The second-order valence-electron chi connectivity index (χ2n) is 5.35. The van der Waals surface area contributed by atoms with E-state index in [0.29, 0.717) is 0 Å². The largest absolute Gasteiger partial charge is 0.379 e. The molecule has 1 aliphatic heterocycles. The normalized spacial score (nSPS) is 31.4. The molecule has 1 saturated heterocycles. The van der Waals surface area contributed by atoms with Crippen molar-refractivity contribution in [2.24, 2.45) is 10.9 Å². The zero-order valence-corrected chi connectivity index (χ0v) is 11.6. The van der Waals surface area contributed by atoms with Gasteiger partial charge in [0, 0.05) is 31.5 Å². The lowest BCUT2D eigenvalue weighted by Gasteiger charge is -2.38. The zero-order chi connectivity index (χ0) is 12.6. The van der Waals surface area contributed by atoms with Crippen LogP contribution in [-0.2, 0) is 4.74 Å². The van der Waals surface area contributed by atoms with Crippen molar-refractivity contribution in [2.75, 3.05) is 26.3 Å². The molecular weight excluding hydrogens is 224 g/mol. The Kier molecular flexibility index (Phi) is 5.88. The van der Waals surface area contributed by atoms with Gasteiger partial charge < -0.3 is 4.74 Å². The van der Waals surface area contributed by atoms with Gasteiger partial charge in [0.25, 0.3) is 0 Å². The fraction of sp³-hybridized carbons (Fsp3) is 0.800. The summed E-state index contributed by atoms with van der Waals surface area (Å²) in [5, 5.41) is 0. The smallest absolute Gasteiger partial charge is 0.0594 e. The van der Waals surface area contributed by atoms with Gasteiger partial charge in [0.2, 0.25) is 0 Å². The first kappa shape index (κ1) is 13.8. The van der Waals surface area contributed by atoms with Crippen LogP contribution in [0, 0.1) is 5.92 Å². The molecule has 18 heavy (non-hydrogen) atoms. The molecule has 0 amide bonds. The van der Waals surface area contributed by atoms with Gasteiger partial charge in [-0.3, -0.25) is 9.89 Å². The highest BCUT2D eigenvalue weighted by atomic mass is 16.5. The van der Waals surface area contributed by atoms with E-state index < -0.39 is 0 Å². The third kappa shape index (κ3) is 4.21. The quantitative estimate of drug-likeness (QED) is 0.717. The van der Waals surface area contributed by atoms with Crippen molar-refractivity contribution in [3.8, 4) is 0 Å². The molecule has 2 fully saturated rings. The molecule has 0 aromatic carbocycles. The van der Waals surface area contributed by atoms with Gasteiger partial charge >= 0.3 is 0 Å². The summed E-state index contributed by atoms with van der Waals surface area (Å²) in [6.07, 6.45) is 12.7. The molecule has 0 spiro atoms. The maximum atomic E-state index is 5.42. The maximum Gasteiger partial charge on any atom is 0.0594 e. The Balaban J connectivity index is 1.67. The Bertz CT molecular complexity index is 274. The van der Waals surface area contributed by atoms with Crippen LogP contribution in [0.4, 0.5) is 0 Å². The van der Waals surface area contributed by atoms with E-state index in [1.807, 2.05) is 19.3 Å². The summed E-state index contributed by atoms with van der Waals surface area (Å²) in [6, 6.07) is 0.822. The van der Waals surface area contributed by atoms with Crippen LogP contribution in [-0.4, -0.2) is 43.5 Å². The molecular formula is C15H26N2O. The summed E-state index contributed by atoms with van der Waals surface area (Å²) in [6.45, 7) is 6.09. The van der Waals surface area contributed by atoms with Gasteiger partial charge in [0.05, 0.1) is 13.2 Å². The number of allylic oxidation sites excluding steroid dienone is 1. The molecule has 3 nitrogen and oxygen atoms in total. The Morgan fingerprint density at radius 2 is 1.89 bits per heavy atom. The lowest BCUT2D eigenvalue weighted by molar-refractivity contribution is 0.00505. The topological polar surface area (TPSA) is 24.8 Å². The summed E-state index contributed by atoms with van der Waals surface area (Å²) in [5.41, 5.74) is 0. The third-order valence-electron chi connectivity index (χ3n) is 4.19. The van der Waals surface area contributed by atoms with Crippen molar-refractivity contribution in [3.63, 3.8) is 0 Å². The number of morpholine rings is 1. The lowest BCUT2D eigenvalue weighted by atomic mass is 9.83. The van der Waals surface area contributed by atoms with Gasteiger partial charge in [-0.05, 0) is 44.9 Å². The lowest BCUT2D eigenvalue weighted by Crippen LogP contribution is -2.44. The molecule has 102 valence electrons. The molecule has 1 aliphatic carbocycles. The van der Waals surface area contributed by atoms with Crippen LogP contribution in [0.1, 0.15) is 39.0 Å². The second kappa shape index (κ2) is 7.70. The van der Waals surface area contributed by atoms with Gasteiger partial charge in [-0.25, -0.2) is 0 Å². The van der Waals surface area contributed by atoms with Crippen LogP contribution in [0.3, 0.4) is 0 Å². The molecule has 0 N–H and O–H groups in total. The zero-order valence-electron chi connectivity index (χ0n) is 11.6. The molecule has 1 heterocycles. The van der Waals surface area contributed by atoms with E-state index in [-0.39, 0.29) is 0 Å². The van der Waals surface area contributed by atoms with Crippen LogP contribution < -0.4 is 0 Å². The van der Waals surface area contributed by atoms with Crippen LogP contribution in [0.5, 0.6) is 0 Å². The van der Waals surface area contributed by atoms with E-state index in [0.717, 1.165) is 38.3 Å². The van der Waals surface area contributed by atoms with Crippen LogP contribution >= 0.6 is 0 Å². The van der Waals surface area contributed by atoms with E-state index in [1.54, 1.807) is 0 Å². The SMILES string of the molecule is CC=NC=CCC1CCC(N2CCOCC2)CC1. The van der Waals surface area contributed by atoms with Crippen molar-refractivity contribution in [1.29, 1.82) is 0 Å². The average Bonchev–Trinajstić information content (AvgIpc) is 2.45. The summed E-state index contributed by atoms with van der Waals surface area (Å²) in [5.74, 6) is 0.880. The number of hydrogen-bond donors (Lipinski definition) is 0. The highest BCUT2D eigenvalue weighted by Crippen LogP contribution is 2.30. The van der Waals surface area contributed by atoms with Gasteiger partial charge in [-0.1, -0.05) is 6.08 Å². The number of nitrogens with zero attached hydrogens (tertiary/aromatic N) is 2. The highest BCUT2D eigenvalue weighted by molar-refractivity contribution is 5.54. The molecule has 2 rings (SSSR count). The maximum absolute atomic E-state index is 5.42. The standard InChI is InChI=1S/C15H26N2O/c1-2-16-9-3-4-14-5-7-15(8-6-14)17-10-12-18-13-11-17/h2-3,9,14-15H,4-8,10-13H2,1H3. The van der Waals surface area contributed by atoms with Crippen molar-refractivity contribution >= 4 is 6.21 Å². The van der Waals surface area contributed by atoms with Crippen LogP contribution in [0.25, 0.3) is 0 Å². The Morgan fingerprint density at radius 1 is 1.17 bits per heavy atom. The second-order valence-corrected chi connectivity index (χ2v) is 5.35. The fourth-order valence-corrected chi connectivity index (χ4v) is 3.09. The first-order valence-electron chi connectivity index (χ1n) is 7.34. The molecule has 1 saturated carbocycles. The minimum atomic E-state index is 0.822. The average molecular weight is 250 g/mol.